The first kappa shape index (κ1) is 15.8. The molecule has 0 aromatic heterocycles. The van der Waals surface area contributed by atoms with Crippen molar-refractivity contribution in [1.82, 2.24) is 0 Å². The zero-order chi connectivity index (χ0) is 13.9. The van der Waals surface area contributed by atoms with Crippen LogP contribution in [0, 0.1) is 3.57 Å². The van der Waals surface area contributed by atoms with Gasteiger partial charge in [0.1, 0.15) is 5.75 Å². The molecule has 1 aromatic rings. The molecule has 3 nitrogen and oxygen atoms in total. The first-order valence-corrected chi connectivity index (χ1v) is 7.29. The summed E-state index contributed by atoms with van der Waals surface area (Å²) >= 11 is 5.70. The number of carbonyl (C=O) groups excluding carboxylic acids is 1. The molecular weight excluding hydrogens is 411 g/mol. The van der Waals surface area contributed by atoms with Gasteiger partial charge in [-0.3, -0.25) is 4.79 Å². The molecule has 100 valence electrons. The van der Waals surface area contributed by atoms with Gasteiger partial charge >= 0.3 is 5.97 Å². The second-order valence-electron chi connectivity index (χ2n) is 4.61. The van der Waals surface area contributed by atoms with Crippen molar-refractivity contribution in [2.45, 2.75) is 25.7 Å². The summed E-state index contributed by atoms with van der Waals surface area (Å²) in [5.41, 5.74) is 0.650. The molecule has 0 bridgehead atoms. The van der Waals surface area contributed by atoms with Crippen molar-refractivity contribution >= 4 is 44.5 Å². The zero-order valence-corrected chi connectivity index (χ0v) is 14.6. The Morgan fingerprint density at radius 3 is 2.50 bits per heavy atom. The van der Waals surface area contributed by atoms with Gasteiger partial charge in [0.15, 0.2) is 0 Å². The Morgan fingerprint density at radius 2 is 2.00 bits per heavy atom. The fourth-order valence-corrected chi connectivity index (χ4v) is 3.53. The van der Waals surface area contributed by atoms with Gasteiger partial charge < -0.3 is 9.47 Å². The standard InChI is InChI=1S/C13H16BrIO3/c1-13(2,7-11(16)17-3)9-5-8(14)6-10(15)12(9)18-4/h5-6H,7H2,1-4H3. The molecule has 1 rings (SSSR count). The monoisotopic (exact) mass is 426 g/mol. The lowest BCUT2D eigenvalue weighted by Gasteiger charge is -2.26. The van der Waals surface area contributed by atoms with Crippen molar-refractivity contribution in [2.24, 2.45) is 0 Å². The highest BCUT2D eigenvalue weighted by molar-refractivity contribution is 14.1. The first-order chi connectivity index (χ1) is 8.31. The lowest BCUT2D eigenvalue weighted by Crippen LogP contribution is -2.23. The van der Waals surface area contributed by atoms with Crippen molar-refractivity contribution in [3.05, 3.63) is 25.7 Å². The molecule has 0 spiro atoms. The normalized spacial score (nSPS) is 11.2. The second-order valence-corrected chi connectivity index (χ2v) is 6.68. The van der Waals surface area contributed by atoms with Crippen LogP contribution in [0.3, 0.4) is 0 Å². The largest absolute Gasteiger partial charge is 0.495 e. The van der Waals surface area contributed by atoms with E-state index < -0.39 is 0 Å². The van der Waals surface area contributed by atoms with Gasteiger partial charge in [0.05, 0.1) is 24.2 Å². The van der Waals surface area contributed by atoms with Crippen LogP contribution < -0.4 is 4.74 Å². The quantitative estimate of drug-likeness (QED) is 0.541. The highest BCUT2D eigenvalue weighted by atomic mass is 127. The number of halogens is 2. The summed E-state index contributed by atoms with van der Waals surface area (Å²) in [6.45, 7) is 4.01. The molecule has 0 saturated heterocycles. The molecule has 0 radical (unpaired) electrons. The van der Waals surface area contributed by atoms with Crippen LogP contribution in [0.25, 0.3) is 0 Å². The number of ether oxygens (including phenoxy) is 2. The summed E-state index contributed by atoms with van der Waals surface area (Å²) in [5, 5.41) is 0. The van der Waals surface area contributed by atoms with E-state index in [0.717, 1.165) is 19.4 Å². The molecule has 18 heavy (non-hydrogen) atoms. The summed E-state index contributed by atoms with van der Waals surface area (Å²) in [5.74, 6) is 0.588. The van der Waals surface area contributed by atoms with Crippen molar-refractivity contribution < 1.29 is 14.3 Å². The van der Waals surface area contributed by atoms with Crippen LogP contribution in [-0.4, -0.2) is 20.2 Å². The van der Waals surface area contributed by atoms with Crippen molar-refractivity contribution in [1.29, 1.82) is 0 Å². The molecule has 0 saturated carbocycles. The van der Waals surface area contributed by atoms with Crippen LogP contribution in [0.5, 0.6) is 5.75 Å². The van der Waals surface area contributed by atoms with Gasteiger partial charge in [0, 0.05) is 15.5 Å². The average molecular weight is 427 g/mol. The van der Waals surface area contributed by atoms with E-state index in [1.54, 1.807) is 7.11 Å². The predicted molar refractivity (Wildman–Crippen MR) is 83.1 cm³/mol. The lowest BCUT2D eigenvalue weighted by molar-refractivity contribution is -0.141. The van der Waals surface area contributed by atoms with E-state index in [1.807, 2.05) is 26.0 Å². The first-order valence-electron chi connectivity index (χ1n) is 5.42. The maximum atomic E-state index is 11.5. The van der Waals surface area contributed by atoms with Gasteiger partial charge in [0.25, 0.3) is 0 Å². The van der Waals surface area contributed by atoms with E-state index in [9.17, 15) is 4.79 Å². The minimum absolute atomic E-state index is 0.225. The molecule has 0 fully saturated rings. The van der Waals surface area contributed by atoms with Crippen LogP contribution in [0.2, 0.25) is 0 Å². The Balaban J connectivity index is 3.25. The van der Waals surface area contributed by atoms with Gasteiger partial charge in [-0.2, -0.15) is 0 Å². The SMILES string of the molecule is COC(=O)CC(C)(C)c1cc(Br)cc(I)c1OC. The molecule has 0 N–H and O–H groups in total. The molecule has 1 aromatic carbocycles. The smallest absolute Gasteiger partial charge is 0.306 e. The summed E-state index contributed by atoms with van der Waals surface area (Å²) in [6.07, 6.45) is 0.312. The molecular formula is C13H16BrIO3. The molecule has 0 aliphatic carbocycles. The minimum atomic E-state index is -0.345. The topological polar surface area (TPSA) is 35.5 Å². The van der Waals surface area contributed by atoms with E-state index in [-0.39, 0.29) is 11.4 Å². The Hall–Kier alpha value is -0.300. The fourth-order valence-electron chi connectivity index (χ4n) is 1.80. The Bertz CT molecular complexity index is 458. The molecule has 0 unspecified atom stereocenters. The summed E-state index contributed by atoms with van der Waals surface area (Å²) in [7, 11) is 3.05. The Morgan fingerprint density at radius 1 is 1.39 bits per heavy atom. The van der Waals surface area contributed by atoms with E-state index in [0.29, 0.717) is 6.42 Å². The maximum Gasteiger partial charge on any atom is 0.306 e. The number of rotatable bonds is 4. The minimum Gasteiger partial charge on any atom is -0.495 e. The van der Waals surface area contributed by atoms with Crippen LogP contribution in [0.1, 0.15) is 25.8 Å². The third-order valence-corrected chi connectivity index (χ3v) is 4.01. The third-order valence-electron chi connectivity index (χ3n) is 2.76. The summed E-state index contributed by atoms with van der Waals surface area (Å²) < 4.78 is 12.2. The number of carbonyl (C=O) groups is 1. The highest BCUT2D eigenvalue weighted by Gasteiger charge is 2.29. The lowest BCUT2D eigenvalue weighted by atomic mass is 9.81. The van der Waals surface area contributed by atoms with E-state index in [1.165, 1.54) is 7.11 Å². The number of methoxy groups -OCH3 is 2. The molecule has 0 atom stereocenters. The van der Waals surface area contributed by atoms with Gasteiger partial charge in [-0.1, -0.05) is 29.8 Å². The molecule has 0 heterocycles. The summed E-state index contributed by atoms with van der Waals surface area (Å²) in [6, 6.07) is 3.97. The average Bonchev–Trinajstić information content (AvgIpc) is 2.27. The Labute approximate surface area is 130 Å². The van der Waals surface area contributed by atoms with E-state index >= 15 is 0 Å². The van der Waals surface area contributed by atoms with Crippen LogP contribution in [0.4, 0.5) is 0 Å². The maximum absolute atomic E-state index is 11.5. The molecule has 0 amide bonds. The van der Waals surface area contributed by atoms with Crippen LogP contribution >= 0.6 is 38.5 Å². The van der Waals surface area contributed by atoms with Crippen LogP contribution in [-0.2, 0) is 14.9 Å². The highest BCUT2D eigenvalue weighted by Crippen LogP contribution is 2.39. The predicted octanol–water partition coefficient (Wildman–Crippen LogP) is 3.90. The summed E-state index contributed by atoms with van der Waals surface area (Å²) in [4.78, 5) is 11.5. The molecule has 5 heteroatoms. The van der Waals surface area contributed by atoms with Crippen molar-refractivity contribution in [3.63, 3.8) is 0 Å². The van der Waals surface area contributed by atoms with Gasteiger partial charge in [-0.15, -0.1) is 0 Å². The van der Waals surface area contributed by atoms with E-state index in [2.05, 4.69) is 38.5 Å². The zero-order valence-electron chi connectivity index (χ0n) is 10.8. The number of hydrogen-bond donors (Lipinski definition) is 0. The van der Waals surface area contributed by atoms with Crippen molar-refractivity contribution in [2.75, 3.05) is 14.2 Å². The second kappa shape index (κ2) is 6.23. The van der Waals surface area contributed by atoms with Gasteiger partial charge in [0.2, 0.25) is 0 Å². The molecule has 0 aliphatic heterocycles. The number of esters is 1. The number of hydrogen-bond acceptors (Lipinski definition) is 3. The van der Waals surface area contributed by atoms with Crippen molar-refractivity contribution in [3.8, 4) is 5.75 Å². The van der Waals surface area contributed by atoms with E-state index in [4.69, 9.17) is 9.47 Å². The number of benzene rings is 1. The third kappa shape index (κ3) is 3.60. The fraction of sp³-hybridized carbons (Fsp3) is 0.462. The van der Waals surface area contributed by atoms with Crippen LogP contribution in [0.15, 0.2) is 16.6 Å². The molecule has 0 aliphatic rings. The van der Waals surface area contributed by atoms with Gasteiger partial charge in [-0.25, -0.2) is 0 Å². The van der Waals surface area contributed by atoms with Gasteiger partial charge in [-0.05, 0) is 34.7 Å². The Kier molecular flexibility index (Phi) is 5.46.